The summed E-state index contributed by atoms with van der Waals surface area (Å²) in [7, 11) is 0. The predicted molar refractivity (Wildman–Crippen MR) is 55.8 cm³/mol. The Labute approximate surface area is 131 Å². The van der Waals surface area contributed by atoms with Gasteiger partial charge < -0.3 is 5.73 Å². The van der Waals surface area contributed by atoms with E-state index in [1.165, 1.54) is 0 Å². The smallest absolute Gasteiger partial charge is 0.326 e. The minimum absolute atomic E-state index is 0. The van der Waals surface area contributed by atoms with Gasteiger partial charge in [0.25, 0.3) is 0 Å². The first-order valence-electron chi connectivity index (χ1n) is 5.68. The zero-order valence-corrected chi connectivity index (χ0v) is 12.4. The van der Waals surface area contributed by atoms with E-state index in [2.05, 4.69) is 0 Å². The lowest BCUT2D eigenvalue weighted by Gasteiger charge is -2.37. The predicted octanol–water partition coefficient (Wildman–Crippen LogP) is 5.40. The van der Waals surface area contributed by atoms with E-state index in [1.807, 2.05) is 20.8 Å². The van der Waals surface area contributed by atoms with Crippen molar-refractivity contribution in [1.29, 1.82) is 0 Å². The number of alkyl halides is 14. The third-order valence-electron chi connectivity index (χ3n) is 1.90. The molecule has 0 radical (unpaired) electrons. The van der Waals surface area contributed by atoms with Crippen molar-refractivity contribution in [2.24, 2.45) is 5.73 Å². The molecule has 154 valence electrons. The van der Waals surface area contributed by atoms with E-state index in [0.29, 0.717) is 0 Å². The van der Waals surface area contributed by atoms with Gasteiger partial charge in [-0.3, -0.25) is 0 Å². The van der Waals surface area contributed by atoms with Crippen molar-refractivity contribution in [2.45, 2.75) is 62.4 Å². The maximum atomic E-state index is 12.3. The molecule has 0 rings (SSSR count). The number of nitrogens with two attached hydrogens (primary N) is 1. The fraction of sp³-hybridized carbons (Fsp3) is 1.00. The minimum Gasteiger partial charge on any atom is -0.326 e. The Morgan fingerprint density at radius 2 is 0.520 bits per heavy atom. The van der Waals surface area contributed by atoms with Gasteiger partial charge in [-0.1, -0.05) is 0 Å². The summed E-state index contributed by atoms with van der Waals surface area (Å²) in [4.78, 5) is 0. The summed E-state index contributed by atoms with van der Waals surface area (Å²) in [5, 5.41) is 0. The van der Waals surface area contributed by atoms with Crippen LogP contribution < -0.4 is 5.73 Å². The van der Waals surface area contributed by atoms with E-state index in [-0.39, 0.29) is 5.54 Å². The molecule has 0 bridgehead atoms. The summed E-state index contributed by atoms with van der Waals surface area (Å²) < 4.78 is 166. The van der Waals surface area contributed by atoms with Gasteiger partial charge in [-0.15, -0.1) is 0 Å². The number of rotatable bonds is 3. The molecule has 0 amide bonds. The lowest BCUT2D eigenvalue weighted by molar-refractivity contribution is -0.451. The first-order chi connectivity index (χ1) is 10.2. The summed E-state index contributed by atoms with van der Waals surface area (Å²) in [5.74, 6) is -31.7. The largest absolute Gasteiger partial charge is 0.460 e. The molecule has 0 aliphatic heterocycles. The van der Waals surface area contributed by atoms with Crippen molar-refractivity contribution in [3.8, 4) is 0 Å². The third-order valence-corrected chi connectivity index (χ3v) is 1.90. The maximum absolute atomic E-state index is 12.3. The van der Waals surface area contributed by atoms with Crippen LogP contribution in [0.4, 0.5) is 61.5 Å². The Kier molecular flexibility index (Phi) is 6.93. The molecule has 0 aliphatic rings. The minimum atomic E-state index is -8.04. The van der Waals surface area contributed by atoms with E-state index >= 15 is 0 Å². The topological polar surface area (TPSA) is 26.0 Å². The van der Waals surface area contributed by atoms with Crippen LogP contribution in [-0.2, 0) is 0 Å². The van der Waals surface area contributed by atoms with Gasteiger partial charge in [0.05, 0.1) is 0 Å². The van der Waals surface area contributed by atoms with E-state index in [1.54, 1.807) is 0 Å². The fourth-order valence-corrected chi connectivity index (χ4v) is 0.750. The Balaban J connectivity index is 0. The van der Waals surface area contributed by atoms with Crippen LogP contribution in [0, 0.1) is 0 Å². The Bertz CT molecular complexity index is 396. The van der Waals surface area contributed by atoms with Crippen LogP contribution in [-0.4, -0.2) is 41.6 Å². The van der Waals surface area contributed by atoms with Gasteiger partial charge in [-0.05, 0) is 20.8 Å². The van der Waals surface area contributed by atoms with Crippen molar-refractivity contribution >= 4 is 0 Å². The molecule has 0 saturated carbocycles. The van der Waals surface area contributed by atoms with Crippen LogP contribution in [0.3, 0.4) is 0 Å². The van der Waals surface area contributed by atoms with Crippen LogP contribution in [0.25, 0.3) is 0 Å². The molecule has 2 N–H and O–H groups in total. The fourth-order valence-electron chi connectivity index (χ4n) is 0.750. The Morgan fingerprint density at radius 1 is 0.400 bits per heavy atom. The molecule has 25 heavy (non-hydrogen) atoms. The van der Waals surface area contributed by atoms with Gasteiger partial charge in [-0.2, -0.15) is 61.5 Å². The molecule has 0 aromatic heterocycles. The Hall–Kier alpha value is -1.02. The van der Waals surface area contributed by atoms with Crippen molar-refractivity contribution in [3.05, 3.63) is 0 Å². The molecule has 15 heteroatoms. The quantitative estimate of drug-likeness (QED) is 0.619. The highest BCUT2D eigenvalue weighted by molar-refractivity contribution is 5.08. The van der Waals surface area contributed by atoms with Crippen molar-refractivity contribution in [1.82, 2.24) is 0 Å². The maximum Gasteiger partial charge on any atom is 0.460 e. The molecule has 0 aromatic carbocycles. The molecule has 0 saturated heterocycles. The average Bonchev–Trinajstić information content (AvgIpc) is 2.22. The second-order valence-electron chi connectivity index (χ2n) is 5.66. The van der Waals surface area contributed by atoms with E-state index in [0.717, 1.165) is 0 Å². The zero-order chi connectivity index (χ0) is 21.5. The molecule has 0 heterocycles. The standard InChI is InChI=1S/C6F14.C4H11N/c7-1(8,3(11,12)5(15,16)17)2(9,10)4(13,14)6(18,19)20;1-4(2,3)5/h;5H2,1-3H3. The van der Waals surface area contributed by atoms with E-state index in [4.69, 9.17) is 5.73 Å². The number of halogens is 14. The van der Waals surface area contributed by atoms with Crippen LogP contribution in [0.15, 0.2) is 0 Å². The van der Waals surface area contributed by atoms with Crippen LogP contribution in [0.1, 0.15) is 20.8 Å². The van der Waals surface area contributed by atoms with E-state index < -0.39 is 36.0 Å². The van der Waals surface area contributed by atoms with Crippen molar-refractivity contribution in [2.75, 3.05) is 0 Å². The van der Waals surface area contributed by atoms with Gasteiger partial charge in [0.2, 0.25) is 0 Å². The molecular weight excluding hydrogens is 400 g/mol. The third kappa shape index (κ3) is 5.23. The van der Waals surface area contributed by atoms with Gasteiger partial charge in [0.1, 0.15) is 0 Å². The van der Waals surface area contributed by atoms with Gasteiger partial charge in [0, 0.05) is 5.54 Å². The summed E-state index contributed by atoms with van der Waals surface area (Å²) >= 11 is 0. The SMILES string of the molecule is CC(C)(C)N.FC(F)(F)C(F)(F)C(F)(F)C(F)(F)C(F)(F)C(F)(F)F. The highest BCUT2D eigenvalue weighted by Gasteiger charge is 2.91. The van der Waals surface area contributed by atoms with Gasteiger partial charge in [-0.25, -0.2) is 0 Å². The summed E-state index contributed by atoms with van der Waals surface area (Å²) in [5.41, 5.74) is 5.35. The molecule has 0 unspecified atom stereocenters. The monoisotopic (exact) mass is 411 g/mol. The van der Waals surface area contributed by atoms with Gasteiger partial charge >= 0.3 is 36.0 Å². The lowest BCUT2D eigenvalue weighted by Crippen LogP contribution is -2.69. The molecular formula is C10H11F14N. The molecule has 0 fully saturated rings. The van der Waals surface area contributed by atoms with Crippen molar-refractivity contribution < 1.29 is 61.5 Å². The number of hydrogen-bond acceptors (Lipinski definition) is 1. The Morgan fingerprint density at radius 3 is 0.600 bits per heavy atom. The second-order valence-corrected chi connectivity index (χ2v) is 5.66. The van der Waals surface area contributed by atoms with E-state index in [9.17, 15) is 61.5 Å². The number of hydrogen-bond donors (Lipinski definition) is 1. The lowest BCUT2D eigenvalue weighted by atomic mass is 9.98. The van der Waals surface area contributed by atoms with Crippen molar-refractivity contribution in [3.63, 3.8) is 0 Å². The summed E-state index contributed by atoms with van der Waals surface area (Å²) in [6.45, 7) is 5.90. The normalized spacial score (nSPS) is 15.6. The molecule has 0 atom stereocenters. The highest BCUT2D eigenvalue weighted by Crippen LogP contribution is 2.60. The zero-order valence-electron chi connectivity index (χ0n) is 12.4. The second kappa shape index (κ2) is 6.61. The molecule has 1 nitrogen and oxygen atoms in total. The van der Waals surface area contributed by atoms with Crippen LogP contribution >= 0.6 is 0 Å². The average molecular weight is 411 g/mol. The molecule has 0 spiro atoms. The first-order valence-corrected chi connectivity index (χ1v) is 5.68. The van der Waals surface area contributed by atoms with Gasteiger partial charge in [0.15, 0.2) is 0 Å². The molecule has 0 aromatic rings. The summed E-state index contributed by atoms with van der Waals surface area (Å²) in [6.07, 6.45) is -15.0. The first kappa shape index (κ1) is 26.2. The van der Waals surface area contributed by atoms with Crippen LogP contribution in [0.5, 0.6) is 0 Å². The molecule has 0 aliphatic carbocycles. The van der Waals surface area contributed by atoms with Crippen LogP contribution in [0.2, 0.25) is 0 Å². The highest BCUT2D eigenvalue weighted by atomic mass is 19.4. The summed E-state index contributed by atoms with van der Waals surface area (Å²) in [6, 6.07) is 0.